The third-order valence-corrected chi connectivity index (χ3v) is 3.01. The van der Waals surface area contributed by atoms with Crippen LogP contribution in [0.15, 0.2) is 33.9 Å². The predicted molar refractivity (Wildman–Crippen MR) is 64.6 cm³/mol. The normalized spacial score (nSPS) is 12.4. The van der Waals surface area contributed by atoms with Crippen LogP contribution in [0.3, 0.4) is 0 Å². The summed E-state index contributed by atoms with van der Waals surface area (Å²) in [6.07, 6.45) is 3.12. The lowest BCUT2D eigenvalue weighted by Crippen LogP contribution is -1.99. The van der Waals surface area contributed by atoms with Crippen molar-refractivity contribution >= 4 is 32.9 Å². The van der Waals surface area contributed by atoms with Crippen molar-refractivity contribution in [3.05, 3.63) is 24.5 Å². The minimum Gasteiger partial charge on any atom is -0.463 e. The number of nitrogens with zero attached hydrogens (tertiary/aromatic N) is 2. The first-order valence-corrected chi connectivity index (χ1v) is 6.69. The van der Waals surface area contributed by atoms with Crippen molar-refractivity contribution in [2.75, 3.05) is 10.6 Å². The Kier molecular flexibility index (Phi) is 3.35. The molecule has 1 unspecified atom stereocenters. The van der Waals surface area contributed by atoms with Crippen molar-refractivity contribution in [1.82, 2.24) is 9.97 Å². The minimum atomic E-state index is -1.17. The first kappa shape index (κ1) is 11.3. The number of halogens is 1. The van der Waals surface area contributed by atoms with Crippen LogP contribution in [0.25, 0.3) is 11.5 Å². The van der Waals surface area contributed by atoms with Gasteiger partial charge in [0.25, 0.3) is 0 Å². The molecule has 0 aliphatic rings. The Labute approximate surface area is 103 Å². The average molecular weight is 302 g/mol. The summed E-state index contributed by atoms with van der Waals surface area (Å²) in [7, 11) is -1.17. The van der Waals surface area contributed by atoms with E-state index in [4.69, 9.17) is 4.42 Å². The molecule has 0 aliphatic heterocycles. The summed E-state index contributed by atoms with van der Waals surface area (Å²) in [5, 5.41) is 0.448. The Morgan fingerprint density at radius 1 is 1.50 bits per heavy atom. The maximum Gasteiger partial charge on any atom is 0.234 e. The molecule has 0 spiro atoms. The molecule has 0 fully saturated rings. The van der Waals surface area contributed by atoms with Gasteiger partial charge in [-0.05, 0) is 12.1 Å². The van der Waals surface area contributed by atoms with E-state index in [-0.39, 0.29) is 0 Å². The Balaban J connectivity index is 2.53. The van der Waals surface area contributed by atoms with Gasteiger partial charge in [-0.3, -0.25) is 8.55 Å². The van der Waals surface area contributed by atoms with Crippen molar-refractivity contribution in [3.63, 3.8) is 0 Å². The summed E-state index contributed by atoms with van der Waals surface area (Å²) in [5.74, 6) is 0.956. The Morgan fingerprint density at radius 2 is 2.31 bits per heavy atom. The molecule has 0 bridgehead atoms. The second kappa shape index (κ2) is 4.75. The average Bonchev–Trinajstić information content (AvgIpc) is 2.81. The van der Waals surface area contributed by atoms with Gasteiger partial charge in [0.2, 0.25) is 5.95 Å². The number of furan rings is 1. The summed E-state index contributed by atoms with van der Waals surface area (Å²) in [6.45, 7) is 0. The zero-order chi connectivity index (χ0) is 11.5. The standard InChI is InChI=1S/C9H8BrN3O2S/c1-16(14)8-5-6(7-3-2-4-15-7)11-9(12-8)13-10/h2-5H,1H3,(H,11,12,13). The van der Waals surface area contributed by atoms with E-state index in [0.717, 1.165) is 0 Å². The van der Waals surface area contributed by atoms with Crippen LogP contribution in [-0.2, 0) is 10.8 Å². The summed E-state index contributed by atoms with van der Waals surface area (Å²) < 4.78 is 19.2. The number of hydrogen-bond acceptors (Lipinski definition) is 5. The van der Waals surface area contributed by atoms with Gasteiger partial charge in [-0.1, -0.05) is 0 Å². The van der Waals surface area contributed by atoms with Crippen LogP contribution >= 0.6 is 16.1 Å². The molecule has 0 saturated carbocycles. The van der Waals surface area contributed by atoms with E-state index in [9.17, 15) is 4.21 Å². The van der Waals surface area contributed by atoms with Crippen molar-refractivity contribution in [2.24, 2.45) is 0 Å². The number of anilines is 1. The molecule has 2 aromatic rings. The van der Waals surface area contributed by atoms with Crippen molar-refractivity contribution < 1.29 is 8.63 Å². The van der Waals surface area contributed by atoms with Gasteiger partial charge in [-0.2, -0.15) is 0 Å². The molecule has 2 rings (SSSR count). The molecular formula is C9H8BrN3O2S. The molecule has 0 radical (unpaired) electrons. The SMILES string of the molecule is CS(=O)c1cc(-c2ccco2)nc(NBr)n1. The molecule has 0 aliphatic carbocycles. The lowest BCUT2D eigenvalue weighted by atomic mass is 10.3. The minimum absolute atomic E-state index is 0.346. The molecule has 84 valence electrons. The first-order valence-electron chi connectivity index (χ1n) is 4.33. The van der Waals surface area contributed by atoms with Crippen LogP contribution in [0.2, 0.25) is 0 Å². The molecule has 1 atom stereocenters. The maximum absolute atomic E-state index is 11.4. The maximum atomic E-state index is 11.4. The van der Waals surface area contributed by atoms with Crippen LogP contribution < -0.4 is 4.34 Å². The van der Waals surface area contributed by atoms with E-state index >= 15 is 0 Å². The van der Waals surface area contributed by atoms with Crippen LogP contribution in [0.1, 0.15) is 0 Å². The molecule has 2 aromatic heterocycles. The van der Waals surface area contributed by atoms with Crippen LogP contribution in [0.4, 0.5) is 5.95 Å². The highest BCUT2D eigenvalue weighted by molar-refractivity contribution is 9.10. The lowest BCUT2D eigenvalue weighted by Gasteiger charge is -2.03. The molecule has 2 heterocycles. The summed E-state index contributed by atoms with van der Waals surface area (Å²) in [4.78, 5) is 8.23. The quantitative estimate of drug-likeness (QED) is 0.695. The Morgan fingerprint density at radius 3 is 2.88 bits per heavy atom. The molecule has 0 saturated heterocycles. The first-order chi connectivity index (χ1) is 7.70. The summed E-state index contributed by atoms with van der Waals surface area (Å²) >= 11 is 3.03. The van der Waals surface area contributed by atoms with Crippen molar-refractivity contribution in [2.45, 2.75) is 5.03 Å². The highest BCUT2D eigenvalue weighted by Crippen LogP contribution is 2.21. The Bertz CT molecular complexity index is 515. The Hall–Kier alpha value is -1.21. The van der Waals surface area contributed by atoms with Gasteiger partial charge < -0.3 is 4.42 Å². The monoisotopic (exact) mass is 301 g/mol. The van der Waals surface area contributed by atoms with Crippen LogP contribution in [0.5, 0.6) is 0 Å². The molecule has 7 heteroatoms. The molecule has 1 N–H and O–H groups in total. The third-order valence-electron chi connectivity index (χ3n) is 1.86. The smallest absolute Gasteiger partial charge is 0.234 e. The highest BCUT2D eigenvalue weighted by Gasteiger charge is 2.10. The van der Waals surface area contributed by atoms with Crippen LogP contribution in [-0.4, -0.2) is 20.4 Å². The van der Waals surface area contributed by atoms with Gasteiger partial charge >= 0.3 is 0 Å². The highest BCUT2D eigenvalue weighted by atomic mass is 79.9. The number of aromatic nitrogens is 2. The number of rotatable bonds is 3. The van der Waals surface area contributed by atoms with Gasteiger partial charge in [-0.15, -0.1) is 0 Å². The third kappa shape index (κ3) is 2.30. The second-order valence-electron chi connectivity index (χ2n) is 2.94. The summed E-state index contributed by atoms with van der Waals surface area (Å²) in [5.41, 5.74) is 0.590. The molecule has 5 nitrogen and oxygen atoms in total. The van der Waals surface area contributed by atoms with Gasteiger partial charge in [0, 0.05) is 28.5 Å². The van der Waals surface area contributed by atoms with E-state index in [1.807, 2.05) is 0 Å². The van der Waals surface area contributed by atoms with E-state index in [1.54, 1.807) is 30.7 Å². The fourth-order valence-corrected chi connectivity index (χ4v) is 1.83. The molecule has 0 amide bonds. The second-order valence-corrected chi connectivity index (χ2v) is 4.66. The number of hydrogen-bond donors (Lipinski definition) is 1. The van der Waals surface area contributed by atoms with E-state index in [0.29, 0.717) is 22.4 Å². The van der Waals surface area contributed by atoms with Gasteiger partial charge in [0.1, 0.15) is 10.7 Å². The van der Waals surface area contributed by atoms with Gasteiger partial charge in [-0.25, -0.2) is 9.97 Å². The van der Waals surface area contributed by atoms with E-state index < -0.39 is 10.8 Å². The van der Waals surface area contributed by atoms with Gasteiger partial charge in [0.15, 0.2) is 5.76 Å². The number of nitrogens with one attached hydrogen (secondary N) is 1. The van der Waals surface area contributed by atoms with E-state index in [2.05, 4.69) is 30.5 Å². The zero-order valence-corrected chi connectivity index (χ0v) is 10.7. The predicted octanol–water partition coefficient (Wildman–Crippen LogP) is 2.20. The summed E-state index contributed by atoms with van der Waals surface area (Å²) in [6, 6.07) is 5.19. The van der Waals surface area contributed by atoms with E-state index in [1.165, 1.54) is 0 Å². The molecule has 16 heavy (non-hydrogen) atoms. The molecule has 0 aromatic carbocycles. The van der Waals surface area contributed by atoms with Crippen molar-refractivity contribution in [3.8, 4) is 11.5 Å². The largest absolute Gasteiger partial charge is 0.463 e. The topological polar surface area (TPSA) is 68.0 Å². The van der Waals surface area contributed by atoms with Crippen molar-refractivity contribution in [1.29, 1.82) is 0 Å². The molecular weight excluding hydrogens is 294 g/mol. The fraction of sp³-hybridized carbons (Fsp3) is 0.111. The fourth-order valence-electron chi connectivity index (χ4n) is 1.17. The van der Waals surface area contributed by atoms with Gasteiger partial charge in [0.05, 0.1) is 17.1 Å². The van der Waals surface area contributed by atoms with Crippen LogP contribution in [0, 0.1) is 0 Å². The lowest BCUT2D eigenvalue weighted by molar-refractivity contribution is 0.579. The zero-order valence-electron chi connectivity index (χ0n) is 8.31.